The summed E-state index contributed by atoms with van der Waals surface area (Å²) in [5, 5.41) is 1.95. The Morgan fingerprint density at radius 1 is 1.16 bits per heavy atom. The number of hydrogen-bond donors (Lipinski definition) is 1. The normalized spacial score (nSPS) is 12.6. The quantitative estimate of drug-likeness (QED) is 0.493. The number of aromatic nitrogens is 5. The van der Waals surface area contributed by atoms with E-state index >= 15 is 0 Å². The Morgan fingerprint density at radius 2 is 1.88 bits per heavy atom. The SMILES string of the molecule is CCn1c(N(C)[C@H](C)CN)nc2c1c(=O)n(Cc1nc(C)cc3ccccc13)c(=O)n2C. The van der Waals surface area contributed by atoms with Gasteiger partial charge in [0, 0.05) is 44.3 Å². The molecule has 0 aliphatic heterocycles. The summed E-state index contributed by atoms with van der Waals surface area (Å²) in [6.45, 7) is 6.92. The van der Waals surface area contributed by atoms with Crippen LogP contribution < -0.4 is 21.9 Å². The molecule has 0 radical (unpaired) electrons. The molecule has 32 heavy (non-hydrogen) atoms. The van der Waals surface area contributed by atoms with Gasteiger partial charge >= 0.3 is 5.69 Å². The number of pyridine rings is 1. The summed E-state index contributed by atoms with van der Waals surface area (Å²) in [7, 11) is 3.54. The molecule has 0 amide bonds. The molecule has 0 saturated carbocycles. The summed E-state index contributed by atoms with van der Waals surface area (Å²) >= 11 is 0. The van der Waals surface area contributed by atoms with E-state index in [9.17, 15) is 9.59 Å². The second-order valence-electron chi connectivity index (χ2n) is 8.19. The highest BCUT2D eigenvalue weighted by Gasteiger charge is 2.23. The molecule has 0 saturated heterocycles. The first-order valence-electron chi connectivity index (χ1n) is 10.8. The van der Waals surface area contributed by atoms with Crippen LogP contribution in [0.15, 0.2) is 39.9 Å². The monoisotopic (exact) mass is 435 g/mol. The lowest BCUT2D eigenvalue weighted by Gasteiger charge is -2.25. The van der Waals surface area contributed by atoms with Crippen molar-refractivity contribution in [2.75, 3.05) is 18.5 Å². The number of rotatable bonds is 6. The predicted molar refractivity (Wildman–Crippen MR) is 127 cm³/mol. The summed E-state index contributed by atoms with van der Waals surface area (Å²) in [5.41, 5.74) is 7.34. The summed E-state index contributed by atoms with van der Waals surface area (Å²) in [6, 6.07) is 9.88. The van der Waals surface area contributed by atoms with Crippen LogP contribution in [0, 0.1) is 6.92 Å². The third-order valence-electron chi connectivity index (χ3n) is 6.10. The van der Waals surface area contributed by atoms with Crippen LogP contribution in [0.5, 0.6) is 0 Å². The topological polar surface area (TPSA) is 104 Å². The summed E-state index contributed by atoms with van der Waals surface area (Å²) in [4.78, 5) is 38.1. The second-order valence-corrected chi connectivity index (χ2v) is 8.19. The van der Waals surface area contributed by atoms with Crippen molar-refractivity contribution in [2.24, 2.45) is 12.8 Å². The Labute approximate surface area is 185 Å². The van der Waals surface area contributed by atoms with Crippen molar-refractivity contribution in [3.05, 3.63) is 62.6 Å². The molecule has 9 heteroatoms. The van der Waals surface area contributed by atoms with Crippen molar-refractivity contribution in [3.8, 4) is 0 Å². The van der Waals surface area contributed by atoms with Gasteiger partial charge in [-0.1, -0.05) is 24.3 Å². The predicted octanol–water partition coefficient (Wildman–Crippen LogP) is 1.60. The molecule has 0 spiro atoms. The number of hydrogen-bond acceptors (Lipinski definition) is 6. The minimum absolute atomic E-state index is 0.0271. The van der Waals surface area contributed by atoms with Crippen molar-refractivity contribution in [1.82, 2.24) is 23.7 Å². The Balaban J connectivity index is 1.97. The Bertz CT molecular complexity index is 1430. The zero-order chi connectivity index (χ0) is 23.2. The zero-order valence-corrected chi connectivity index (χ0v) is 19.2. The summed E-state index contributed by atoms with van der Waals surface area (Å²) < 4.78 is 4.54. The van der Waals surface area contributed by atoms with Crippen molar-refractivity contribution < 1.29 is 0 Å². The molecule has 0 fully saturated rings. The third kappa shape index (κ3) is 3.38. The molecule has 1 atom stereocenters. The van der Waals surface area contributed by atoms with E-state index < -0.39 is 5.69 Å². The lowest BCUT2D eigenvalue weighted by atomic mass is 10.1. The lowest BCUT2D eigenvalue weighted by Crippen LogP contribution is -2.40. The fourth-order valence-electron chi connectivity index (χ4n) is 4.11. The molecule has 0 bridgehead atoms. The number of nitrogens with zero attached hydrogens (tertiary/aromatic N) is 6. The van der Waals surface area contributed by atoms with Crippen LogP contribution in [0.25, 0.3) is 21.9 Å². The molecule has 2 N–H and O–H groups in total. The highest BCUT2D eigenvalue weighted by atomic mass is 16.2. The van der Waals surface area contributed by atoms with Gasteiger partial charge in [0.05, 0.1) is 12.2 Å². The number of benzene rings is 1. The van der Waals surface area contributed by atoms with Crippen LogP contribution in [-0.2, 0) is 20.1 Å². The lowest BCUT2D eigenvalue weighted by molar-refractivity contribution is 0.639. The molecule has 0 aliphatic carbocycles. The largest absolute Gasteiger partial charge is 0.341 e. The maximum Gasteiger partial charge on any atom is 0.332 e. The smallest absolute Gasteiger partial charge is 0.332 e. The molecule has 1 aromatic carbocycles. The van der Waals surface area contributed by atoms with E-state index in [1.807, 2.05) is 67.6 Å². The van der Waals surface area contributed by atoms with Crippen molar-refractivity contribution >= 4 is 27.9 Å². The van der Waals surface area contributed by atoms with Crippen LogP contribution >= 0.6 is 0 Å². The molecule has 4 rings (SSSR count). The van der Waals surface area contributed by atoms with Crippen LogP contribution in [0.4, 0.5) is 5.95 Å². The first-order chi connectivity index (χ1) is 15.3. The molecular formula is C23H29N7O2. The van der Waals surface area contributed by atoms with E-state index in [4.69, 9.17) is 5.73 Å². The van der Waals surface area contributed by atoms with Gasteiger partial charge in [0.15, 0.2) is 11.2 Å². The number of nitrogens with two attached hydrogens (primary N) is 1. The summed E-state index contributed by atoms with van der Waals surface area (Å²) in [6.07, 6.45) is 0. The van der Waals surface area contributed by atoms with E-state index in [0.717, 1.165) is 16.5 Å². The van der Waals surface area contributed by atoms with Crippen molar-refractivity contribution in [1.29, 1.82) is 0 Å². The molecule has 3 heterocycles. The van der Waals surface area contributed by atoms with Crippen LogP contribution in [0.2, 0.25) is 0 Å². The Hall–Kier alpha value is -3.46. The van der Waals surface area contributed by atoms with Crippen LogP contribution in [-0.4, -0.2) is 43.3 Å². The van der Waals surface area contributed by atoms with E-state index in [1.54, 1.807) is 7.05 Å². The van der Waals surface area contributed by atoms with Gasteiger partial charge in [0.2, 0.25) is 5.95 Å². The van der Waals surface area contributed by atoms with Crippen molar-refractivity contribution in [2.45, 2.75) is 39.9 Å². The summed E-state index contributed by atoms with van der Waals surface area (Å²) in [5.74, 6) is 0.615. The fraction of sp³-hybridized carbons (Fsp3) is 0.391. The number of likely N-dealkylation sites (N-methyl/N-ethyl adjacent to an activating group) is 1. The average Bonchev–Trinajstić information content (AvgIpc) is 3.19. The van der Waals surface area contributed by atoms with E-state index in [1.165, 1.54) is 9.13 Å². The van der Waals surface area contributed by atoms with Gasteiger partial charge in [-0.25, -0.2) is 4.79 Å². The molecule has 168 valence electrons. The van der Waals surface area contributed by atoms with E-state index in [-0.39, 0.29) is 18.1 Å². The van der Waals surface area contributed by atoms with Gasteiger partial charge < -0.3 is 15.2 Å². The highest BCUT2D eigenvalue weighted by Crippen LogP contribution is 2.21. The van der Waals surface area contributed by atoms with Crippen molar-refractivity contribution in [3.63, 3.8) is 0 Å². The van der Waals surface area contributed by atoms with E-state index in [0.29, 0.717) is 35.9 Å². The van der Waals surface area contributed by atoms with Gasteiger partial charge in [-0.2, -0.15) is 4.98 Å². The standard InChI is InChI=1S/C23H29N7O2/c1-6-29-19-20(26-22(29)27(4)15(3)12-24)28(5)23(32)30(21(19)31)13-18-17-10-8-7-9-16(17)11-14(2)25-18/h7-11,15H,6,12-13,24H2,1-5H3/t15-/m1/s1. The number of aryl methyl sites for hydroxylation is 3. The minimum atomic E-state index is -0.420. The molecule has 0 unspecified atom stereocenters. The second kappa shape index (κ2) is 8.23. The van der Waals surface area contributed by atoms with Gasteiger partial charge in [-0.15, -0.1) is 0 Å². The van der Waals surface area contributed by atoms with Gasteiger partial charge in [-0.3, -0.25) is 18.9 Å². The van der Waals surface area contributed by atoms with Crippen LogP contribution in [0.1, 0.15) is 25.2 Å². The Morgan fingerprint density at radius 3 is 2.56 bits per heavy atom. The molecule has 3 aromatic heterocycles. The maximum atomic E-state index is 13.6. The minimum Gasteiger partial charge on any atom is -0.341 e. The fourth-order valence-corrected chi connectivity index (χ4v) is 4.11. The number of imidazole rings is 1. The third-order valence-corrected chi connectivity index (χ3v) is 6.10. The Kier molecular flexibility index (Phi) is 5.60. The zero-order valence-electron chi connectivity index (χ0n) is 19.2. The highest BCUT2D eigenvalue weighted by molar-refractivity contribution is 5.85. The maximum absolute atomic E-state index is 13.6. The van der Waals surface area contributed by atoms with E-state index in [2.05, 4.69) is 9.97 Å². The molecular weight excluding hydrogens is 406 g/mol. The first-order valence-corrected chi connectivity index (χ1v) is 10.8. The molecule has 0 aliphatic rings. The van der Waals surface area contributed by atoms with Gasteiger partial charge in [0.25, 0.3) is 5.56 Å². The number of anilines is 1. The first kappa shape index (κ1) is 21.8. The molecule has 9 nitrogen and oxygen atoms in total. The van der Waals surface area contributed by atoms with Crippen LogP contribution in [0.3, 0.4) is 0 Å². The van der Waals surface area contributed by atoms with Gasteiger partial charge in [-0.05, 0) is 32.2 Å². The average molecular weight is 436 g/mol. The van der Waals surface area contributed by atoms with Gasteiger partial charge in [0.1, 0.15) is 0 Å². The molecule has 4 aromatic rings. The number of fused-ring (bicyclic) bond motifs is 2.